The average Bonchev–Trinajstić information content (AvgIpc) is 2.72. The average molecular weight is 317 g/mol. The molecule has 0 unspecified atom stereocenters. The third-order valence-electron chi connectivity index (χ3n) is 3.44. The van der Waals surface area contributed by atoms with Crippen LogP contribution in [0, 0.1) is 6.92 Å². The van der Waals surface area contributed by atoms with E-state index in [1.165, 1.54) is 0 Å². The van der Waals surface area contributed by atoms with Crippen molar-refractivity contribution in [1.29, 1.82) is 0 Å². The molecule has 1 heterocycles. The molecule has 1 aromatic rings. The summed E-state index contributed by atoms with van der Waals surface area (Å²) in [6, 6.07) is 0. The number of rotatable bonds is 8. The molecule has 0 aliphatic carbocycles. The fraction of sp³-hybridized carbons (Fsp3) is 0.786. The Kier molecular flexibility index (Phi) is 6.37. The molecule has 0 amide bonds. The zero-order valence-corrected chi connectivity index (χ0v) is 14.5. The molecule has 7 heteroatoms. The van der Waals surface area contributed by atoms with Gasteiger partial charge in [-0.15, -0.1) is 0 Å². The van der Waals surface area contributed by atoms with Crippen molar-refractivity contribution in [2.45, 2.75) is 45.5 Å². The lowest BCUT2D eigenvalue weighted by molar-refractivity contribution is 0.199. The molecule has 0 radical (unpaired) electrons. The van der Waals surface area contributed by atoms with Gasteiger partial charge in [0, 0.05) is 32.9 Å². The van der Waals surface area contributed by atoms with Crippen molar-refractivity contribution in [2.24, 2.45) is 0 Å². The lowest BCUT2D eigenvalue weighted by atomic mass is 10.3. The molecule has 0 bridgehead atoms. The highest BCUT2D eigenvalue weighted by atomic mass is 32.2. The van der Waals surface area contributed by atoms with E-state index in [1.807, 2.05) is 11.5 Å². The number of methoxy groups -OCH3 is 1. The van der Waals surface area contributed by atoms with Gasteiger partial charge in [0.2, 0.25) is 0 Å². The van der Waals surface area contributed by atoms with E-state index in [0.717, 1.165) is 18.1 Å². The summed E-state index contributed by atoms with van der Waals surface area (Å²) in [5, 5.41) is 3.25. The fourth-order valence-corrected chi connectivity index (χ4v) is 2.91. The Labute approximate surface area is 127 Å². The molecule has 0 saturated heterocycles. The Balaban J connectivity index is 2.69. The maximum Gasteiger partial charge on any atom is 0.156 e. The minimum absolute atomic E-state index is 0.124. The van der Waals surface area contributed by atoms with E-state index in [4.69, 9.17) is 4.74 Å². The maximum absolute atomic E-state index is 12.2. The number of imidazole rings is 1. The number of aryl methyl sites for hydroxylation is 1. The van der Waals surface area contributed by atoms with Gasteiger partial charge in [0.25, 0.3) is 0 Å². The standard InChI is InChI=1S/C14H27N3O3S/c1-12-16-11-13(10-15-6-8-20-5)17(12)7-9-21(18,19)14(2,3)4/h11,15H,6-10H2,1-5H3. The summed E-state index contributed by atoms with van der Waals surface area (Å²) in [7, 11) is -1.47. The number of hydrogen-bond donors (Lipinski definition) is 1. The normalized spacial score (nSPS) is 12.8. The zero-order chi connectivity index (χ0) is 16.1. The summed E-state index contributed by atoms with van der Waals surface area (Å²) in [5.41, 5.74) is 0.993. The summed E-state index contributed by atoms with van der Waals surface area (Å²) < 4.78 is 30.6. The van der Waals surface area contributed by atoms with Crippen molar-refractivity contribution in [2.75, 3.05) is 26.0 Å². The van der Waals surface area contributed by atoms with E-state index < -0.39 is 14.6 Å². The zero-order valence-electron chi connectivity index (χ0n) is 13.6. The van der Waals surface area contributed by atoms with Gasteiger partial charge in [-0.05, 0) is 27.7 Å². The molecule has 0 atom stereocenters. The van der Waals surface area contributed by atoms with Gasteiger partial charge in [-0.25, -0.2) is 13.4 Å². The minimum atomic E-state index is -3.13. The molecule has 1 rings (SSSR count). The molecule has 0 aliphatic rings. The number of hydrogen-bond acceptors (Lipinski definition) is 5. The van der Waals surface area contributed by atoms with Crippen LogP contribution in [0.1, 0.15) is 32.3 Å². The fourth-order valence-electron chi connectivity index (χ4n) is 1.87. The number of nitrogens with zero attached hydrogens (tertiary/aromatic N) is 2. The van der Waals surface area contributed by atoms with E-state index >= 15 is 0 Å². The van der Waals surface area contributed by atoms with E-state index in [2.05, 4.69) is 10.3 Å². The Morgan fingerprint density at radius 2 is 2.05 bits per heavy atom. The molecule has 122 valence electrons. The van der Waals surface area contributed by atoms with Crippen LogP contribution in [-0.4, -0.2) is 48.7 Å². The molecule has 0 saturated carbocycles. The number of nitrogens with one attached hydrogen (secondary N) is 1. The number of sulfone groups is 1. The predicted molar refractivity (Wildman–Crippen MR) is 84.1 cm³/mol. The molecule has 0 aromatic carbocycles. The first-order valence-electron chi connectivity index (χ1n) is 7.12. The largest absolute Gasteiger partial charge is 0.383 e. The maximum atomic E-state index is 12.2. The molecule has 0 fully saturated rings. The first-order chi connectivity index (χ1) is 9.69. The second-order valence-corrected chi connectivity index (χ2v) is 8.91. The van der Waals surface area contributed by atoms with Gasteiger partial charge < -0.3 is 14.6 Å². The highest BCUT2D eigenvalue weighted by molar-refractivity contribution is 7.92. The van der Waals surface area contributed by atoms with Gasteiger partial charge in [0.15, 0.2) is 9.84 Å². The summed E-state index contributed by atoms with van der Waals surface area (Å²) in [6.07, 6.45) is 1.79. The number of ether oxygens (including phenoxy) is 1. The Morgan fingerprint density at radius 3 is 2.62 bits per heavy atom. The first kappa shape index (κ1) is 18.1. The highest BCUT2D eigenvalue weighted by Crippen LogP contribution is 2.17. The monoisotopic (exact) mass is 317 g/mol. The summed E-state index contributed by atoms with van der Waals surface area (Å²) in [6.45, 7) is 9.57. The van der Waals surface area contributed by atoms with Gasteiger partial charge in [-0.1, -0.05) is 0 Å². The van der Waals surface area contributed by atoms with Crippen molar-refractivity contribution in [3.05, 3.63) is 17.7 Å². The first-order valence-corrected chi connectivity index (χ1v) is 8.77. The van der Waals surface area contributed by atoms with Crippen LogP contribution in [0.4, 0.5) is 0 Å². The van der Waals surface area contributed by atoms with Crippen LogP contribution in [-0.2, 0) is 27.7 Å². The van der Waals surface area contributed by atoms with Gasteiger partial charge >= 0.3 is 0 Å². The Hall–Kier alpha value is -0.920. The van der Waals surface area contributed by atoms with E-state index in [-0.39, 0.29) is 5.75 Å². The van der Waals surface area contributed by atoms with Crippen molar-refractivity contribution in [1.82, 2.24) is 14.9 Å². The van der Waals surface area contributed by atoms with Gasteiger partial charge in [0.05, 0.1) is 22.8 Å². The Morgan fingerprint density at radius 1 is 1.38 bits per heavy atom. The number of aromatic nitrogens is 2. The van der Waals surface area contributed by atoms with Crippen molar-refractivity contribution in [3.63, 3.8) is 0 Å². The molecule has 21 heavy (non-hydrogen) atoms. The van der Waals surface area contributed by atoms with Crippen molar-refractivity contribution in [3.8, 4) is 0 Å². The predicted octanol–water partition coefficient (Wildman–Crippen LogP) is 1.14. The molecule has 0 aliphatic heterocycles. The topological polar surface area (TPSA) is 73.2 Å². The quantitative estimate of drug-likeness (QED) is 0.728. The van der Waals surface area contributed by atoms with Crippen LogP contribution in [0.5, 0.6) is 0 Å². The molecule has 1 N–H and O–H groups in total. The molecular formula is C14H27N3O3S. The molecule has 6 nitrogen and oxygen atoms in total. The summed E-state index contributed by atoms with van der Waals surface area (Å²) in [4.78, 5) is 4.28. The van der Waals surface area contributed by atoms with Gasteiger partial charge in [0.1, 0.15) is 5.82 Å². The lowest BCUT2D eigenvalue weighted by Crippen LogP contribution is -2.32. The second kappa shape index (κ2) is 7.38. The molecular weight excluding hydrogens is 290 g/mol. The third kappa shape index (κ3) is 5.09. The lowest BCUT2D eigenvalue weighted by Gasteiger charge is -2.20. The van der Waals surface area contributed by atoms with Crippen LogP contribution < -0.4 is 5.32 Å². The van der Waals surface area contributed by atoms with Crippen molar-refractivity contribution >= 4 is 9.84 Å². The Bertz CT molecular complexity index is 544. The van der Waals surface area contributed by atoms with Gasteiger partial charge in [-0.2, -0.15) is 0 Å². The van der Waals surface area contributed by atoms with Crippen LogP contribution in [0.3, 0.4) is 0 Å². The summed E-state index contributed by atoms with van der Waals surface area (Å²) >= 11 is 0. The summed E-state index contributed by atoms with van der Waals surface area (Å²) in [5.74, 6) is 0.960. The van der Waals surface area contributed by atoms with E-state index in [9.17, 15) is 8.42 Å². The highest BCUT2D eigenvalue weighted by Gasteiger charge is 2.28. The second-order valence-electron chi connectivity index (χ2n) is 6.05. The smallest absolute Gasteiger partial charge is 0.156 e. The molecule has 0 spiro atoms. The van der Waals surface area contributed by atoms with Crippen LogP contribution >= 0.6 is 0 Å². The van der Waals surface area contributed by atoms with Crippen LogP contribution in [0.2, 0.25) is 0 Å². The van der Waals surface area contributed by atoms with Crippen molar-refractivity contribution < 1.29 is 13.2 Å². The molecule has 1 aromatic heterocycles. The van der Waals surface area contributed by atoms with E-state index in [0.29, 0.717) is 19.7 Å². The van der Waals surface area contributed by atoms with Crippen LogP contribution in [0.25, 0.3) is 0 Å². The van der Waals surface area contributed by atoms with E-state index in [1.54, 1.807) is 34.1 Å². The third-order valence-corrected chi connectivity index (χ3v) is 6.03. The van der Waals surface area contributed by atoms with Gasteiger partial charge in [-0.3, -0.25) is 0 Å². The minimum Gasteiger partial charge on any atom is -0.383 e. The van der Waals surface area contributed by atoms with Crippen LogP contribution in [0.15, 0.2) is 6.20 Å². The SMILES string of the molecule is COCCNCc1cnc(C)n1CCS(=O)(=O)C(C)(C)C.